The quantitative estimate of drug-likeness (QED) is 0.854. The normalized spacial score (nSPS) is 11.2. The van der Waals surface area contributed by atoms with E-state index in [1.54, 1.807) is 0 Å². The van der Waals surface area contributed by atoms with E-state index in [9.17, 15) is 0 Å². The molecule has 0 atom stereocenters. The van der Waals surface area contributed by atoms with Gasteiger partial charge in [0.2, 0.25) is 0 Å². The van der Waals surface area contributed by atoms with Crippen LogP contribution in [-0.4, -0.2) is 23.0 Å². The molecule has 0 aliphatic carbocycles. The third-order valence-corrected chi connectivity index (χ3v) is 2.96. The van der Waals surface area contributed by atoms with Crippen molar-refractivity contribution in [2.75, 3.05) is 13.6 Å². The van der Waals surface area contributed by atoms with Crippen molar-refractivity contribution in [1.82, 2.24) is 14.7 Å². The van der Waals surface area contributed by atoms with Crippen molar-refractivity contribution in [3.8, 4) is 0 Å². The number of nitrogens with one attached hydrogen (secondary N) is 1. The molecular weight excluding hydrogens is 245 g/mol. The number of aryl methyl sites for hydroxylation is 1. The monoisotopic (exact) mass is 257 g/mol. The van der Waals surface area contributed by atoms with E-state index in [0.29, 0.717) is 10.2 Å². The third kappa shape index (κ3) is 2.32. The maximum atomic E-state index is 6.05. The lowest BCUT2D eigenvalue weighted by Crippen LogP contribution is -2.09. The van der Waals surface area contributed by atoms with Crippen LogP contribution in [0.2, 0.25) is 10.2 Å². The minimum atomic E-state index is 0.538. The smallest absolute Gasteiger partial charge is 0.155 e. The van der Waals surface area contributed by atoms with Gasteiger partial charge in [-0.2, -0.15) is 0 Å². The molecule has 16 heavy (non-hydrogen) atoms. The first-order valence-corrected chi connectivity index (χ1v) is 5.94. The summed E-state index contributed by atoms with van der Waals surface area (Å²) in [7, 11) is 1.94. The van der Waals surface area contributed by atoms with Crippen LogP contribution < -0.4 is 5.32 Å². The van der Waals surface area contributed by atoms with Gasteiger partial charge in [0.05, 0.1) is 10.5 Å². The number of halogens is 2. The highest BCUT2D eigenvalue weighted by Gasteiger charge is 2.08. The molecular formula is C11H13Cl2N3. The molecule has 0 saturated heterocycles. The Morgan fingerprint density at radius 2 is 2.19 bits per heavy atom. The molecule has 1 N–H and O–H groups in total. The number of pyridine rings is 1. The minimum Gasteiger partial charge on any atom is -0.320 e. The summed E-state index contributed by atoms with van der Waals surface area (Å²) in [6.07, 6.45) is 3.76. The Bertz CT molecular complexity index is 493. The predicted molar refractivity (Wildman–Crippen MR) is 67.5 cm³/mol. The summed E-state index contributed by atoms with van der Waals surface area (Å²) < 4.78 is 1.96. The van der Waals surface area contributed by atoms with Gasteiger partial charge >= 0.3 is 0 Å². The van der Waals surface area contributed by atoms with Gasteiger partial charge in [-0.15, -0.1) is 0 Å². The van der Waals surface area contributed by atoms with Crippen molar-refractivity contribution >= 4 is 28.7 Å². The van der Waals surface area contributed by atoms with Crippen molar-refractivity contribution in [2.45, 2.75) is 12.8 Å². The van der Waals surface area contributed by atoms with E-state index in [2.05, 4.69) is 10.3 Å². The second-order valence-corrected chi connectivity index (χ2v) is 4.42. The van der Waals surface area contributed by atoms with Crippen LogP contribution in [0.5, 0.6) is 0 Å². The van der Waals surface area contributed by atoms with E-state index in [1.807, 2.05) is 29.8 Å². The average Bonchev–Trinajstić information content (AvgIpc) is 2.56. The molecule has 0 aromatic carbocycles. The Kier molecular flexibility index (Phi) is 3.69. The maximum Gasteiger partial charge on any atom is 0.155 e. The predicted octanol–water partition coefficient (Wildman–Crippen LogP) is 2.79. The van der Waals surface area contributed by atoms with Crippen LogP contribution >= 0.6 is 23.2 Å². The zero-order chi connectivity index (χ0) is 11.5. The lowest BCUT2D eigenvalue weighted by Gasteiger charge is -2.01. The fourth-order valence-corrected chi connectivity index (χ4v) is 2.09. The summed E-state index contributed by atoms with van der Waals surface area (Å²) in [6.45, 7) is 0.965. The number of nitrogens with zero attached hydrogens (tertiary/aromatic N) is 2. The maximum absolute atomic E-state index is 6.05. The van der Waals surface area contributed by atoms with Gasteiger partial charge in [-0.1, -0.05) is 23.2 Å². The standard InChI is InChI=1S/C11H13Cl2N3/c1-14-6-2-3-10-15-11(13)9-5-4-8(12)7-16(9)10/h4-5,7,14H,2-3,6H2,1H3. The second-order valence-electron chi connectivity index (χ2n) is 3.63. The van der Waals surface area contributed by atoms with Crippen LogP contribution in [0.4, 0.5) is 0 Å². The first-order valence-electron chi connectivity index (χ1n) is 5.19. The summed E-state index contributed by atoms with van der Waals surface area (Å²) in [4.78, 5) is 4.34. The Morgan fingerprint density at radius 3 is 2.94 bits per heavy atom. The van der Waals surface area contributed by atoms with Gasteiger partial charge in [0.25, 0.3) is 0 Å². The highest BCUT2D eigenvalue weighted by atomic mass is 35.5. The summed E-state index contributed by atoms with van der Waals surface area (Å²) in [5.74, 6) is 0.956. The van der Waals surface area contributed by atoms with E-state index < -0.39 is 0 Å². The topological polar surface area (TPSA) is 29.3 Å². The fraction of sp³-hybridized carbons (Fsp3) is 0.364. The molecule has 0 saturated carbocycles. The molecule has 0 spiro atoms. The molecule has 5 heteroatoms. The molecule has 2 rings (SSSR count). The average molecular weight is 258 g/mol. The van der Waals surface area contributed by atoms with Crippen LogP contribution in [0.25, 0.3) is 5.52 Å². The van der Waals surface area contributed by atoms with Gasteiger partial charge in [0.15, 0.2) is 5.15 Å². The van der Waals surface area contributed by atoms with Crippen LogP contribution in [0.15, 0.2) is 18.3 Å². The molecule has 0 aliphatic rings. The highest BCUT2D eigenvalue weighted by molar-refractivity contribution is 6.33. The Hall–Kier alpha value is -0.770. The molecule has 0 radical (unpaired) electrons. The molecule has 2 heterocycles. The van der Waals surface area contributed by atoms with Gasteiger partial charge in [-0.3, -0.25) is 0 Å². The number of rotatable bonds is 4. The Balaban J connectivity index is 2.33. The number of hydrogen-bond acceptors (Lipinski definition) is 2. The Morgan fingerprint density at radius 1 is 1.38 bits per heavy atom. The zero-order valence-electron chi connectivity index (χ0n) is 9.00. The first-order chi connectivity index (χ1) is 7.72. The van der Waals surface area contributed by atoms with Crippen molar-refractivity contribution < 1.29 is 0 Å². The number of fused-ring (bicyclic) bond motifs is 1. The number of aromatic nitrogens is 2. The van der Waals surface area contributed by atoms with Crippen molar-refractivity contribution in [3.05, 3.63) is 34.3 Å². The molecule has 2 aromatic heterocycles. The molecule has 3 nitrogen and oxygen atoms in total. The van der Waals surface area contributed by atoms with Gasteiger partial charge in [-0.05, 0) is 32.1 Å². The van der Waals surface area contributed by atoms with E-state index in [1.165, 1.54) is 0 Å². The van der Waals surface area contributed by atoms with Crippen molar-refractivity contribution in [1.29, 1.82) is 0 Å². The third-order valence-electron chi connectivity index (χ3n) is 2.46. The lowest BCUT2D eigenvalue weighted by molar-refractivity contribution is 0.701. The van der Waals surface area contributed by atoms with Gasteiger partial charge < -0.3 is 9.72 Å². The van der Waals surface area contributed by atoms with Crippen LogP contribution in [0.3, 0.4) is 0 Å². The second kappa shape index (κ2) is 5.04. The molecule has 2 aromatic rings. The van der Waals surface area contributed by atoms with Crippen molar-refractivity contribution in [2.24, 2.45) is 0 Å². The fourth-order valence-electron chi connectivity index (χ4n) is 1.68. The molecule has 0 amide bonds. The molecule has 0 fully saturated rings. The van der Waals surface area contributed by atoms with Gasteiger partial charge in [-0.25, -0.2) is 4.98 Å². The van der Waals surface area contributed by atoms with E-state index in [-0.39, 0.29) is 0 Å². The molecule has 86 valence electrons. The first kappa shape index (κ1) is 11.7. The summed E-state index contributed by atoms with van der Waals surface area (Å²) in [5.41, 5.74) is 0.908. The highest BCUT2D eigenvalue weighted by Crippen LogP contribution is 2.21. The molecule has 0 unspecified atom stereocenters. The summed E-state index contributed by atoms with van der Waals surface area (Å²) in [5, 5.41) is 4.34. The van der Waals surface area contributed by atoms with Crippen LogP contribution in [0.1, 0.15) is 12.2 Å². The molecule has 0 aliphatic heterocycles. The van der Waals surface area contributed by atoms with Gasteiger partial charge in [0.1, 0.15) is 5.82 Å². The number of hydrogen-bond donors (Lipinski definition) is 1. The van der Waals surface area contributed by atoms with Crippen LogP contribution in [0, 0.1) is 0 Å². The summed E-state index contributed by atoms with van der Waals surface area (Å²) >= 11 is 12.0. The van der Waals surface area contributed by atoms with Crippen molar-refractivity contribution in [3.63, 3.8) is 0 Å². The number of imidazole rings is 1. The lowest BCUT2D eigenvalue weighted by atomic mass is 10.3. The Labute approximate surface area is 104 Å². The summed E-state index contributed by atoms with van der Waals surface area (Å²) in [6, 6.07) is 3.71. The largest absolute Gasteiger partial charge is 0.320 e. The SMILES string of the molecule is CNCCCc1nc(Cl)c2ccc(Cl)cn12. The van der Waals surface area contributed by atoms with Gasteiger partial charge in [0, 0.05) is 12.6 Å². The van der Waals surface area contributed by atoms with Crippen LogP contribution in [-0.2, 0) is 6.42 Å². The zero-order valence-corrected chi connectivity index (χ0v) is 10.5. The molecule has 0 bridgehead atoms. The van der Waals surface area contributed by atoms with E-state index >= 15 is 0 Å². The van der Waals surface area contributed by atoms with E-state index in [0.717, 1.165) is 30.7 Å². The van der Waals surface area contributed by atoms with E-state index in [4.69, 9.17) is 23.2 Å². The minimum absolute atomic E-state index is 0.538.